The van der Waals surface area contributed by atoms with Crippen LogP contribution in [0.3, 0.4) is 0 Å². The van der Waals surface area contributed by atoms with Crippen LogP contribution in [-0.4, -0.2) is 26.7 Å². The summed E-state index contributed by atoms with van der Waals surface area (Å²) < 4.78 is 26.8. The molecule has 6 heteroatoms. The summed E-state index contributed by atoms with van der Waals surface area (Å²) in [6.07, 6.45) is 0. The number of aryl methyl sites for hydroxylation is 1. The number of aliphatic hydroxyl groups excluding tert-OH is 1. The Bertz CT molecular complexity index is 526. The van der Waals surface area contributed by atoms with Crippen LogP contribution in [-0.2, 0) is 10.0 Å². The third kappa shape index (κ3) is 3.22. The van der Waals surface area contributed by atoms with Crippen molar-refractivity contribution in [2.75, 3.05) is 18.9 Å². The van der Waals surface area contributed by atoms with Gasteiger partial charge < -0.3 is 10.8 Å². The fraction of sp³-hybridized carbons (Fsp3) is 0.500. The van der Waals surface area contributed by atoms with Crippen LogP contribution in [0.2, 0.25) is 0 Å². The summed E-state index contributed by atoms with van der Waals surface area (Å²) in [4.78, 5) is 0.132. The molecule has 0 aliphatic heterocycles. The van der Waals surface area contributed by atoms with Crippen molar-refractivity contribution >= 4 is 15.7 Å². The van der Waals surface area contributed by atoms with Gasteiger partial charge in [0.15, 0.2) is 0 Å². The van der Waals surface area contributed by atoms with Crippen molar-refractivity contribution in [3.8, 4) is 0 Å². The van der Waals surface area contributed by atoms with E-state index < -0.39 is 10.0 Å². The summed E-state index contributed by atoms with van der Waals surface area (Å²) in [5.41, 5.74) is 7.51. The molecule has 1 atom stereocenters. The van der Waals surface area contributed by atoms with Crippen LogP contribution in [0.25, 0.3) is 0 Å². The number of anilines is 1. The molecule has 0 radical (unpaired) electrons. The zero-order chi connectivity index (χ0) is 13.9. The first-order valence-electron chi connectivity index (χ1n) is 5.75. The van der Waals surface area contributed by atoms with Crippen molar-refractivity contribution in [2.24, 2.45) is 5.92 Å². The van der Waals surface area contributed by atoms with Gasteiger partial charge in [0.05, 0.1) is 5.69 Å². The van der Waals surface area contributed by atoms with Crippen molar-refractivity contribution in [2.45, 2.75) is 25.7 Å². The standard InChI is InChI=1S/C12H20N2O3S/c1-8(7-15)6-14-18(16,17)12-10(3)9(2)4-5-11(12)13/h4-5,8,14-15H,6-7,13H2,1-3H3. The normalized spacial score (nSPS) is 13.6. The van der Waals surface area contributed by atoms with Crippen molar-refractivity contribution in [1.29, 1.82) is 0 Å². The monoisotopic (exact) mass is 272 g/mol. The molecule has 0 aliphatic rings. The Morgan fingerprint density at radius 2 is 2.00 bits per heavy atom. The van der Waals surface area contributed by atoms with Crippen LogP contribution in [0.4, 0.5) is 5.69 Å². The number of hydrogen-bond donors (Lipinski definition) is 3. The molecule has 1 aromatic carbocycles. The first-order chi connectivity index (χ1) is 8.29. The molecule has 1 rings (SSSR count). The molecule has 102 valence electrons. The maximum Gasteiger partial charge on any atom is 0.242 e. The zero-order valence-corrected chi connectivity index (χ0v) is 11.7. The lowest BCUT2D eigenvalue weighted by Crippen LogP contribution is -2.30. The van der Waals surface area contributed by atoms with Gasteiger partial charge in [0.1, 0.15) is 4.90 Å². The molecule has 0 saturated carbocycles. The molecule has 1 aromatic rings. The van der Waals surface area contributed by atoms with Crippen LogP contribution in [0.5, 0.6) is 0 Å². The molecule has 0 aromatic heterocycles. The lowest BCUT2D eigenvalue weighted by atomic mass is 10.1. The number of nitrogen functional groups attached to an aromatic ring is 1. The average molecular weight is 272 g/mol. The predicted octanol–water partition coefficient (Wildman–Crippen LogP) is 0.792. The second kappa shape index (κ2) is 5.69. The Kier molecular flexibility index (Phi) is 4.72. The summed E-state index contributed by atoms with van der Waals surface area (Å²) >= 11 is 0. The molecule has 0 saturated heterocycles. The average Bonchev–Trinajstić information content (AvgIpc) is 2.31. The highest BCUT2D eigenvalue weighted by Gasteiger charge is 2.21. The Labute approximate surface area is 108 Å². The van der Waals surface area contributed by atoms with Crippen LogP contribution in [0.1, 0.15) is 18.1 Å². The molecule has 18 heavy (non-hydrogen) atoms. The quantitative estimate of drug-likeness (QED) is 0.691. The van der Waals surface area contributed by atoms with Gasteiger partial charge in [-0.05, 0) is 37.0 Å². The van der Waals surface area contributed by atoms with Crippen LogP contribution >= 0.6 is 0 Å². The number of sulfonamides is 1. The summed E-state index contributed by atoms with van der Waals surface area (Å²) in [5, 5.41) is 8.90. The molecule has 0 amide bonds. The minimum absolute atomic E-state index is 0.0647. The fourth-order valence-electron chi connectivity index (χ4n) is 1.56. The summed E-state index contributed by atoms with van der Waals surface area (Å²) in [6.45, 7) is 5.45. The van der Waals surface area contributed by atoms with E-state index in [1.807, 2.05) is 6.92 Å². The maximum atomic E-state index is 12.2. The summed E-state index contributed by atoms with van der Waals surface area (Å²) in [7, 11) is -3.64. The lowest BCUT2D eigenvalue weighted by Gasteiger charge is -2.15. The maximum absolute atomic E-state index is 12.2. The van der Waals surface area contributed by atoms with E-state index in [1.54, 1.807) is 26.0 Å². The van der Waals surface area contributed by atoms with Crippen molar-refractivity contribution in [1.82, 2.24) is 4.72 Å². The number of benzene rings is 1. The van der Waals surface area contributed by atoms with Gasteiger partial charge in [0, 0.05) is 13.2 Å². The highest BCUT2D eigenvalue weighted by Crippen LogP contribution is 2.25. The smallest absolute Gasteiger partial charge is 0.242 e. The van der Waals surface area contributed by atoms with E-state index in [4.69, 9.17) is 10.8 Å². The van der Waals surface area contributed by atoms with Gasteiger partial charge in [-0.1, -0.05) is 13.0 Å². The number of aliphatic hydroxyl groups is 1. The molecule has 0 spiro atoms. The number of nitrogens with one attached hydrogen (secondary N) is 1. The minimum atomic E-state index is -3.64. The molecular formula is C12H20N2O3S. The predicted molar refractivity (Wildman–Crippen MR) is 71.8 cm³/mol. The molecule has 0 bridgehead atoms. The van der Waals surface area contributed by atoms with E-state index in [2.05, 4.69) is 4.72 Å². The topological polar surface area (TPSA) is 92.4 Å². The van der Waals surface area contributed by atoms with Gasteiger partial charge in [-0.2, -0.15) is 0 Å². The third-order valence-corrected chi connectivity index (χ3v) is 4.54. The van der Waals surface area contributed by atoms with E-state index >= 15 is 0 Å². The summed E-state index contributed by atoms with van der Waals surface area (Å²) in [6, 6.07) is 3.38. The molecule has 4 N–H and O–H groups in total. The number of rotatable bonds is 5. The van der Waals surface area contributed by atoms with Gasteiger partial charge in [-0.25, -0.2) is 13.1 Å². The van der Waals surface area contributed by atoms with Gasteiger partial charge in [0.25, 0.3) is 0 Å². The van der Waals surface area contributed by atoms with Crippen molar-refractivity contribution in [3.63, 3.8) is 0 Å². The first-order valence-corrected chi connectivity index (χ1v) is 7.24. The minimum Gasteiger partial charge on any atom is -0.398 e. The van der Waals surface area contributed by atoms with Crippen molar-refractivity contribution < 1.29 is 13.5 Å². The Morgan fingerprint density at radius 1 is 1.39 bits per heavy atom. The zero-order valence-electron chi connectivity index (χ0n) is 10.9. The van der Waals surface area contributed by atoms with E-state index in [0.717, 1.165) is 5.56 Å². The Morgan fingerprint density at radius 3 is 2.56 bits per heavy atom. The molecule has 0 heterocycles. The van der Waals surface area contributed by atoms with E-state index in [0.29, 0.717) is 5.56 Å². The first kappa shape index (κ1) is 14.9. The molecular weight excluding hydrogens is 252 g/mol. The lowest BCUT2D eigenvalue weighted by molar-refractivity contribution is 0.238. The van der Waals surface area contributed by atoms with Crippen LogP contribution in [0.15, 0.2) is 17.0 Å². The van der Waals surface area contributed by atoms with E-state index in [-0.39, 0.29) is 29.7 Å². The van der Waals surface area contributed by atoms with Crippen LogP contribution in [0, 0.1) is 19.8 Å². The SMILES string of the molecule is Cc1ccc(N)c(S(=O)(=O)NCC(C)CO)c1C. The highest BCUT2D eigenvalue weighted by molar-refractivity contribution is 7.89. The molecule has 5 nitrogen and oxygen atoms in total. The van der Waals surface area contributed by atoms with Gasteiger partial charge in [0.2, 0.25) is 10.0 Å². The molecule has 0 fully saturated rings. The number of nitrogens with two attached hydrogens (primary N) is 1. The van der Waals surface area contributed by atoms with E-state index in [9.17, 15) is 8.42 Å². The molecule has 0 aliphatic carbocycles. The largest absolute Gasteiger partial charge is 0.398 e. The Balaban J connectivity index is 3.09. The highest BCUT2D eigenvalue weighted by atomic mass is 32.2. The van der Waals surface area contributed by atoms with Crippen molar-refractivity contribution in [3.05, 3.63) is 23.3 Å². The third-order valence-electron chi connectivity index (χ3n) is 2.91. The van der Waals surface area contributed by atoms with E-state index in [1.165, 1.54) is 0 Å². The Hall–Kier alpha value is -1.11. The summed E-state index contributed by atoms with van der Waals surface area (Å²) in [5.74, 6) is -0.133. The second-order valence-electron chi connectivity index (χ2n) is 4.57. The fourth-order valence-corrected chi connectivity index (χ4v) is 3.15. The van der Waals surface area contributed by atoms with Gasteiger partial charge >= 0.3 is 0 Å². The van der Waals surface area contributed by atoms with Crippen LogP contribution < -0.4 is 10.5 Å². The molecule has 1 unspecified atom stereocenters. The number of hydrogen-bond acceptors (Lipinski definition) is 4. The van der Waals surface area contributed by atoms with Gasteiger partial charge in [-0.15, -0.1) is 0 Å². The second-order valence-corrected chi connectivity index (χ2v) is 6.27. The van der Waals surface area contributed by atoms with Gasteiger partial charge in [-0.3, -0.25) is 0 Å².